The molecule has 2 aliphatic heterocycles. The van der Waals surface area contributed by atoms with Gasteiger partial charge in [0.1, 0.15) is 12.1 Å². The highest BCUT2D eigenvalue weighted by Gasteiger charge is 2.39. The summed E-state index contributed by atoms with van der Waals surface area (Å²) in [5.74, 6) is 1.62. The lowest BCUT2D eigenvalue weighted by Gasteiger charge is -2.27. The molecule has 0 spiro atoms. The minimum atomic E-state index is -0.306. The number of hydrogen-bond donors (Lipinski definition) is 0. The monoisotopic (exact) mass is 386 g/mol. The Bertz CT molecular complexity index is 776. The minimum Gasteiger partial charge on any atom is -0.483 e. The van der Waals surface area contributed by atoms with E-state index < -0.39 is 0 Å². The lowest BCUT2D eigenvalue weighted by Crippen LogP contribution is -2.38. The molecule has 0 unspecified atom stereocenters. The number of aryl methyl sites for hydroxylation is 1. The van der Waals surface area contributed by atoms with Gasteiger partial charge in [0, 0.05) is 6.42 Å². The van der Waals surface area contributed by atoms with Crippen LogP contribution in [0.1, 0.15) is 38.8 Å². The van der Waals surface area contributed by atoms with Gasteiger partial charge < -0.3 is 18.8 Å². The zero-order valence-electron chi connectivity index (χ0n) is 18.0. The van der Waals surface area contributed by atoms with Crippen molar-refractivity contribution in [2.75, 3.05) is 20.8 Å². The average molecular weight is 386 g/mol. The molecular formula is C21H31BN2O4. The fourth-order valence-electron chi connectivity index (χ4n) is 3.63. The molecule has 7 heteroatoms. The summed E-state index contributed by atoms with van der Waals surface area (Å²) >= 11 is 0. The number of hydrogen-bond acceptors (Lipinski definition) is 6. The molecule has 1 aromatic carbocycles. The molecule has 2 heterocycles. The van der Waals surface area contributed by atoms with E-state index in [0.717, 1.165) is 16.6 Å². The maximum atomic E-state index is 6.00. The molecule has 0 N–H and O–H groups in total. The van der Waals surface area contributed by atoms with E-state index in [1.807, 2.05) is 13.8 Å². The molecule has 2 atom stereocenters. The quantitative estimate of drug-likeness (QED) is 0.747. The maximum Gasteiger partial charge on any atom is 0.494 e. The number of nitrogens with zero attached hydrogens (tertiary/aromatic N) is 2. The van der Waals surface area contributed by atoms with E-state index in [2.05, 4.69) is 39.0 Å². The summed E-state index contributed by atoms with van der Waals surface area (Å²) in [6, 6.07) is 6.07. The summed E-state index contributed by atoms with van der Waals surface area (Å²) in [6.45, 7) is 11.0. The summed E-state index contributed by atoms with van der Waals surface area (Å²) in [7, 11) is 3.00. The van der Waals surface area contributed by atoms with Gasteiger partial charge in [-0.3, -0.25) is 0 Å². The van der Waals surface area contributed by atoms with Gasteiger partial charge in [0.05, 0.1) is 26.4 Å². The van der Waals surface area contributed by atoms with E-state index in [1.54, 1.807) is 14.2 Å². The SMILES string of the molecule is COC1=N[C@H](C(C)C)C(OC)=N[C@H]1Cc1ccc(B2OCC(C)(C)O2)c(C)c1. The number of benzene rings is 1. The van der Waals surface area contributed by atoms with Crippen LogP contribution in [0.4, 0.5) is 0 Å². The Labute approximate surface area is 168 Å². The molecule has 1 aromatic rings. The van der Waals surface area contributed by atoms with E-state index in [9.17, 15) is 0 Å². The smallest absolute Gasteiger partial charge is 0.483 e. The van der Waals surface area contributed by atoms with Gasteiger partial charge in [-0.1, -0.05) is 37.6 Å². The first-order valence-electron chi connectivity index (χ1n) is 9.86. The predicted octanol–water partition coefficient (Wildman–Crippen LogP) is 2.55. The minimum absolute atomic E-state index is 0.0969. The molecule has 0 aromatic heterocycles. The Morgan fingerprint density at radius 3 is 2.43 bits per heavy atom. The zero-order valence-corrected chi connectivity index (χ0v) is 18.0. The second-order valence-corrected chi connectivity index (χ2v) is 8.46. The number of ether oxygens (including phenoxy) is 2. The fraction of sp³-hybridized carbons (Fsp3) is 0.619. The lowest BCUT2D eigenvalue weighted by molar-refractivity contribution is 0.137. The molecule has 1 fully saturated rings. The summed E-state index contributed by atoms with van der Waals surface area (Å²) in [6.07, 6.45) is 0.698. The van der Waals surface area contributed by atoms with Crippen LogP contribution in [0.5, 0.6) is 0 Å². The fourth-order valence-corrected chi connectivity index (χ4v) is 3.63. The van der Waals surface area contributed by atoms with Gasteiger partial charge in [-0.05, 0) is 37.7 Å². The van der Waals surface area contributed by atoms with Crippen molar-refractivity contribution in [1.29, 1.82) is 0 Å². The van der Waals surface area contributed by atoms with Crippen LogP contribution in [0.25, 0.3) is 0 Å². The van der Waals surface area contributed by atoms with Crippen molar-refractivity contribution in [3.8, 4) is 0 Å². The van der Waals surface area contributed by atoms with Crippen LogP contribution in [-0.4, -0.2) is 57.4 Å². The first kappa shape index (κ1) is 20.9. The second kappa shape index (κ2) is 8.25. The Balaban J connectivity index is 1.78. The maximum absolute atomic E-state index is 6.00. The molecule has 0 amide bonds. The largest absolute Gasteiger partial charge is 0.494 e. The van der Waals surface area contributed by atoms with Crippen LogP contribution in [-0.2, 0) is 25.2 Å². The highest BCUT2D eigenvalue weighted by Crippen LogP contribution is 2.22. The van der Waals surface area contributed by atoms with Gasteiger partial charge in [-0.2, -0.15) is 0 Å². The Morgan fingerprint density at radius 1 is 1.18 bits per heavy atom. The number of rotatable bonds is 4. The third kappa shape index (κ3) is 4.41. The van der Waals surface area contributed by atoms with Crippen molar-refractivity contribution >= 4 is 24.4 Å². The van der Waals surface area contributed by atoms with Crippen molar-refractivity contribution in [2.45, 2.75) is 58.7 Å². The summed E-state index contributed by atoms with van der Waals surface area (Å²) < 4.78 is 22.9. The molecule has 0 bridgehead atoms. The zero-order chi connectivity index (χ0) is 20.5. The van der Waals surface area contributed by atoms with E-state index in [0.29, 0.717) is 30.7 Å². The van der Waals surface area contributed by atoms with Crippen LogP contribution < -0.4 is 5.46 Å². The van der Waals surface area contributed by atoms with Crippen molar-refractivity contribution in [3.63, 3.8) is 0 Å². The predicted molar refractivity (Wildman–Crippen MR) is 113 cm³/mol. The van der Waals surface area contributed by atoms with Gasteiger partial charge in [0.25, 0.3) is 0 Å². The van der Waals surface area contributed by atoms with E-state index in [-0.39, 0.29) is 24.8 Å². The average Bonchev–Trinajstić information content (AvgIpc) is 3.00. The van der Waals surface area contributed by atoms with Crippen molar-refractivity contribution in [1.82, 2.24) is 0 Å². The molecule has 152 valence electrons. The standard InChI is InChI=1S/C21H31BN2O4/c1-13(2)18-20(26-7)23-17(19(24-18)25-6)11-15-8-9-16(14(3)10-15)22-27-12-21(4,5)28-22/h8-10,13,17-18H,11-12H2,1-7H3/t17-,18+/m0/s1. The van der Waals surface area contributed by atoms with Crippen LogP contribution in [0.15, 0.2) is 28.2 Å². The molecule has 3 rings (SSSR count). The normalized spacial score (nSPS) is 24.2. The first-order valence-corrected chi connectivity index (χ1v) is 9.86. The number of aliphatic imine (C=N–C) groups is 2. The molecule has 0 saturated carbocycles. The highest BCUT2D eigenvalue weighted by molar-refractivity contribution is 6.62. The molecule has 0 radical (unpaired) electrons. The summed E-state index contributed by atoms with van der Waals surface area (Å²) in [5, 5.41) is 0. The summed E-state index contributed by atoms with van der Waals surface area (Å²) in [5.41, 5.74) is 3.12. The van der Waals surface area contributed by atoms with Gasteiger partial charge in [-0.15, -0.1) is 0 Å². The Kier molecular flexibility index (Phi) is 6.15. The molecule has 28 heavy (non-hydrogen) atoms. The van der Waals surface area contributed by atoms with Crippen molar-refractivity contribution in [2.24, 2.45) is 15.9 Å². The molecule has 0 aliphatic carbocycles. The van der Waals surface area contributed by atoms with Gasteiger partial charge in [-0.25, -0.2) is 9.98 Å². The van der Waals surface area contributed by atoms with Gasteiger partial charge in [0.2, 0.25) is 11.8 Å². The van der Waals surface area contributed by atoms with Crippen molar-refractivity contribution in [3.05, 3.63) is 29.3 Å². The number of methoxy groups -OCH3 is 2. The van der Waals surface area contributed by atoms with Crippen LogP contribution in [0.2, 0.25) is 0 Å². The Hall–Kier alpha value is -1.86. The molecule has 1 saturated heterocycles. The second-order valence-electron chi connectivity index (χ2n) is 8.46. The first-order chi connectivity index (χ1) is 13.2. The summed E-state index contributed by atoms with van der Waals surface area (Å²) in [4.78, 5) is 9.54. The van der Waals surface area contributed by atoms with Gasteiger partial charge >= 0.3 is 7.12 Å². The Morgan fingerprint density at radius 2 is 1.89 bits per heavy atom. The highest BCUT2D eigenvalue weighted by atomic mass is 16.7. The van der Waals surface area contributed by atoms with Crippen LogP contribution >= 0.6 is 0 Å². The lowest BCUT2D eigenvalue weighted by atomic mass is 9.75. The van der Waals surface area contributed by atoms with E-state index in [1.165, 1.54) is 0 Å². The van der Waals surface area contributed by atoms with E-state index >= 15 is 0 Å². The molecule has 2 aliphatic rings. The van der Waals surface area contributed by atoms with E-state index in [4.69, 9.17) is 28.8 Å². The van der Waals surface area contributed by atoms with Crippen LogP contribution in [0.3, 0.4) is 0 Å². The molecule has 6 nitrogen and oxygen atoms in total. The van der Waals surface area contributed by atoms with Crippen molar-refractivity contribution < 1.29 is 18.8 Å². The third-order valence-corrected chi connectivity index (χ3v) is 5.16. The third-order valence-electron chi connectivity index (χ3n) is 5.16. The molecular weight excluding hydrogens is 355 g/mol. The van der Waals surface area contributed by atoms with Gasteiger partial charge in [0.15, 0.2) is 0 Å². The topological polar surface area (TPSA) is 61.6 Å². The van der Waals surface area contributed by atoms with Crippen LogP contribution in [0, 0.1) is 12.8 Å².